The predicted octanol–water partition coefficient (Wildman–Crippen LogP) is 3.15. The summed E-state index contributed by atoms with van der Waals surface area (Å²) < 4.78 is 5.47. The predicted molar refractivity (Wildman–Crippen MR) is 101 cm³/mol. The topological polar surface area (TPSA) is 78.9 Å². The number of carboxylic acids is 1. The van der Waals surface area contributed by atoms with E-state index in [0.717, 1.165) is 35.6 Å². The summed E-state index contributed by atoms with van der Waals surface area (Å²) in [5.74, 6) is -0.755. The van der Waals surface area contributed by atoms with Crippen molar-refractivity contribution in [1.82, 2.24) is 4.90 Å². The first kappa shape index (κ1) is 18.4. The monoisotopic (exact) mass is 374 g/mol. The molecule has 0 bridgehead atoms. The van der Waals surface area contributed by atoms with Gasteiger partial charge >= 0.3 is 5.97 Å². The molecular weight excluding hydrogens is 352 g/mol. The normalized spacial score (nSPS) is 13.9. The first-order chi connectivity index (χ1) is 12.5. The van der Waals surface area contributed by atoms with Crippen LogP contribution in [0.15, 0.2) is 24.3 Å². The van der Waals surface area contributed by atoms with Crippen molar-refractivity contribution < 1.29 is 19.4 Å². The smallest absolute Gasteiger partial charge is 0.339 e. The number of rotatable bonds is 6. The summed E-state index contributed by atoms with van der Waals surface area (Å²) in [5.41, 5.74) is 2.18. The number of carboxylic acid groups (broad SMARTS) is 1. The van der Waals surface area contributed by atoms with E-state index in [1.807, 2.05) is 19.1 Å². The van der Waals surface area contributed by atoms with Crippen LogP contribution in [0.1, 0.15) is 33.3 Å². The minimum absolute atomic E-state index is 0.161. The number of benzene rings is 1. The summed E-state index contributed by atoms with van der Waals surface area (Å²) in [5, 5.41) is 12.7. The van der Waals surface area contributed by atoms with Crippen LogP contribution in [0, 0.1) is 6.92 Å². The summed E-state index contributed by atoms with van der Waals surface area (Å²) in [7, 11) is 0. The zero-order chi connectivity index (χ0) is 18.7. The maximum atomic E-state index is 12.2. The van der Waals surface area contributed by atoms with E-state index in [2.05, 4.69) is 17.1 Å². The molecule has 2 N–H and O–H groups in total. The van der Waals surface area contributed by atoms with Crippen LogP contribution in [0.2, 0.25) is 0 Å². The molecule has 2 heterocycles. The van der Waals surface area contributed by atoms with Crippen LogP contribution in [0.4, 0.5) is 5.00 Å². The van der Waals surface area contributed by atoms with Gasteiger partial charge < -0.3 is 15.2 Å². The van der Waals surface area contributed by atoms with Crippen molar-refractivity contribution in [3.05, 3.63) is 45.8 Å². The van der Waals surface area contributed by atoms with E-state index in [9.17, 15) is 14.7 Å². The summed E-state index contributed by atoms with van der Waals surface area (Å²) in [4.78, 5) is 27.2. The molecule has 1 amide bonds. The number of anilines is 1. The quantitative estimate of drug-likeness (QED) is 0.812. The lowest BCUT2D eigenvalue weighted by Gasteiger charge is -2.25. The second-order valence-electron chi connectivity index (χ2n) is 6.28. The van der Waals surface area contributed by atoms with E-state index in [0.29, 0.717) is 17.2 Å². The van der Waals surface area contributed by atoms with Gasteiger partial charge in [-0.3, -0.25) is 9.69 Å². The number of likely N-dealkylation sites (N-methyl/N-ethyl adjacent to an activating group) is 1. The Balaban J connectivity index is 1.70. The van der Waals surface area contributed by atoms with Crippen molar-refractivity contribution in [2.45, 2.75) is 26.8 Å². The first-order valence-electron chi connectivity index (χ1n) is 8.57. The number of hydrogen-bond donors (Lipinski definition) is 2. The molecule has 0 atom stereocenters. The van der Waals surface area contributed by atoms with Crippen molar-refractivity contribution in [3.63, 3.8) is 0 Å². The highest BCUT2D eigenvalue weighted by molar-refractivity contribution is 7.17. The van der Waals surface area contributed by atoms with Crippen molar-refractivity contribution in [2.75, 3.05) is 25.0 Å². The average molecular weight is 374 g/mol. The van der Waals surface area contributed by atoms with Gasteiger partial charge in [-0.1, -0.05) is 24.6 Å². The second kappa shape index (κ2) is 7.88. The number of ether oxygens (including phenoxy) is 1. The fourth-order valence-electron chi connectivity index (χ4n) is 2.99. The molecule has 6 nitrogen and oxygen atoms in total. The minimum Gasteiger partial charge on any atom is -0.484 e. The number of carbonyl (C=O) groups is 2. The van der Waals surface area contributed by atoms with Crippen LogP contribution in [-0.2, 0) is 17.8 Å². The number of thiophene rings is 1. The summed E-state index contributed by atoms with van der Waals surface area (Å²) in [6.45, 7) is 6.39. The SMILES string of the molecule is CCN1CCc2c(sc(NC(=O)COc3ccc(C)cc3)c2C(=O)O)C1. The highest BCUT2D eigenvalue weighted by atomic mass is 32.1. The third kappa shape index (κ3) is 4.05. The fraction of sp³-hybridized carbons (Fsp3) is 0.368. The van der Waals surface area contributed by atoms with Crippen LogP contribution in [0.3, 0.4) is 0 Å². The number of nitrogens with zero attached hydrogens (tertiary/aromatic N) is 1. The van der Waals surface area contributed by atoms with Crippen molar-refractivity contribution in [1.29, 1.82) is 0 Å². The van der Waals surface area contributed by atoms with E-state index in [1.165, 1.54) is 11.3 Å². The molecule has 1 aromatic heterocycles. The standard InChI is InChI=1S/C19H22N2O4S/c1-3-21-9-8-14-15(10-21)26-18(17(14)19(23)24)20-16(22)11-25-13-6-4-12(2)5-7-13/h4-7H,3,8-11H2,1-2H3,(H,20,22)(H,23,24). The highest BCUT2D eigenvalue weighted by Gasteiger charge is 2.28. The maximum absolute atomic E-state index is 12.2. The van der Waals surface area contributed by atoms with E-state index in [4.69, 9.17) is 4.74 Å². The molecule has 0 saturated carbocycles. The zero-order valence-corrected chi connectivity index (χ0v) is 15.7. The number of aromatic carboxylic acids is 1. The van der Waals surface area contributed by atoms with Gasteiger partial charge in [0.05, 0.1) is 5.56 Å². The van der Waals surface area contributed by atoms with Crippen LogP contribution < -0.4 is 10.1 Å². The Labute approximate surface area is 156 Å². The summed E-state index contributed by atoms with van der Waals surface area (Å²) in [6.07, 6.45) is 0.692. The van der Waals surface area contributed by atoms with Gasteiger partial charge in [0.25, 0.3) is 5.91 Å². The van der Waals surface area contributed by atoms with Gasteiger partial charge in [-0.2, -0.15) is 0 Å². The van der Waals surface area contributed by atoms with Crippen LogP contribution >= 0.6 is 11.3 Å². The largest absolute Gasteiger partial charge is 0.484 e. The Morgan fingerprint density at radius 3 is 2.69 bits per heavy atom. The lowest BCUT2D eigenvalue weighted by molar-refractivity contribution is -0.118. The van der Waals surface area contributed by atoms with Gasteiger partial charge in [0.15, 0.2) is 6.61 Å². The molecule has 3 rings (SSSR count). The molecule has 2 aromatic rings. The van der Waals surface area contributed by atoms with E-state index >= 15 is 0 Å². The van der Waals surface area contributed by atoms with E-state index in [1.54, 1.807) is 12.1 Å². The molecule has 0 spiro atoms. The van der Waals surface area contributed by atoms with Gasteiger partial charge in [-0.05, 0) is 37.6 Å². The third-order valence-electron chi connectivity index (χ3n) is 4.44. The molecule has 1 aliphatic rings. The van der Waals surface area contributed by atoms with Gasteiger partial charge in [0.2, 0.25) is 0 Å². The van der Waals surface area contributed by atoms with Crippen molar-refractivity contribution >= 4 is 28.2 Å². The van der Waals surface area contributed by atoms with E-state index < -0.39 is 5.97 Å². The maximum Gasteiger partial charge on any atom is 0.339 e. The molecular formula is C19H22N2O4S. The van der Waals surface area contributed by atoms with E-state index in [-0.39, 0.29) is 18.1 Å². The Kier molecular flexibility index (Phi) is 5.58. The van der Waals surface area contributed by atoms with Crippen LogP contribution in [0.5, 0.6) is 5.75 Å². The lowest BCUT2D eigenvalue weighted by atomic mass is 10.0. The van der Waals surface area contributed by atoms with Gasteiger partial charge in [0.1, 0.15) is 10.8 Å². The second-order valence-corrected chi connectivity index (χ2v) is 7.39. The fourth-order valence-corrected chi connectivity index (χ4v) is 4.28. The molecule has 0 aliphatic carbocycles. The van der Waals surface area contributed by atoms with Crippen LogP contribution in [-0.4, -0.2) is 41.6 Å². The molecule has 1 aliphatic heterocycles. The minimum atomic E-state index is -0.998. The van der Waals surface area contributed by atoms with Gasteiger partial charge in [0, 0.05) is 18.0 Å². The molecule has 0 radical (unpaired) electrons. The van der Waals surface area contributed by atoms with Gasteiger partial charge in [-0.25, -0.2) is 4.79 Å². The number of amides is 1. The molecule has 0 unspecified atom stereocenters. The van der Waals surface area contributed by atoms with Gasteiger partial charge in [-0.15, -0.1) is 11.3 Å². The number of aryl methyl sites for hydroxylation is 1. The third-order valence-corrected chi connectivity index (χ3v) is 5.57. The highest BCUT2D eigenvalue weighted by Crippen LogP contribution is 2.37. The molecule has 0 saturated heterocycles. The number of fused-ring (bicyclic) bond motifs is 1. The lowest BCUT2D eigenvalue weighted by Crippen LogP contribution is -2.29. The summed E-state index contributed by atoms with van der Waals surface area (Å²) >= 11 is 1.35. The number of nitrogens with one attached hydrogen (secondary N) is 1. The molecule has 138 valence electrons. The molecule has 26 heavy (non-hydrogen) atoms. The number of carbonyl (C=O) groups excluding carboxylic acids is 1. The van der Waals surface area contributed by atoms with Crippen LogP contribution in [0.25, 0.3) is 0 Å². The zero-order valence-electron chi connectivity index (χ0n) is 14.9. The van der Waals surface area contributed by atoms with Crippen molar-refractivity contribution in [2.24, 2.45) is 0 Å². The molecule has 0 fully saturated rings. The summed E-state index contributed by atoms with van der Waals surface area (Å²) in [6, 6.07) is 7.41. The first-order valence-corrected chi connectivity index (χ1v) is 9.39. The Morgan fingerprint density at radius 1 is 1.31 bits per heavy atom. The molecule has 1 aromatic carbocycles. The average Bonchev–Trinajstić information content (AvgIpc) is 2.98. The Bertz CT molecular complexity index is 814. The Hall–Kier alpha value is -2.38. The molecule has 7 heteroatoms. The number of hydrogen-bond acceptors (Lipinski definition) is 5. The van der Waals surface area contributed by atoms with Crippen molar-refractivity contribution in [3.8, 4) is 5.75 Å². The Morgan fingerprint density at radius 2 is 2.04 bits per heavy atom.